The van der Waals surface area contributed by atoms with Crippen LogP contribution < -0.4 is 0 Å². The predicted octanol–water partition coefficient (Wildman–Crippen LogP) is 22.2. The highest BCUT2D eigenvalue weighted by Crippen LogP contribution is 2.15. The topological polar surface area (TPSA) is 78.9 Å². The van der Waals surface area contributed by atoms with Crippen molar-refractivity contribution in [1.29, 1.82) is 0 Å². The molecule has 0 aliphatic rings. The van der Waals surface area contributed by atoms with Crippen molar-refractivity contribution in [3.63, 3.8) is 0 Å². The van der Waals surface area contributed by atoms with Crippen LogP contribution in [0, 0.1) is 0 Å². The Hall–Kier alpha value is -4.45. The van der Waals surface area contributed by atoms with E-state index >= 15 is 0 Å². The van der Waals surface area contributed by atoms with Crippen molar-refractivity contribution in [1.82, 2.24) is 0 Å². The lowest BCUT2D eigenvalue weighted by atomic mass is 10.1. The molecule has 442 valence electrons. The number of esters is 3. The SMILES string of the molecule is CC/C=C\C/C=C\C/C=C\C/C=C\C/C=C\C/C=C\C/C=C\C/C=C\CCCCCCC(=O)OCC(COC(=O)CCCCCCCCCCCC)OC(=O)CCCCCCCC/C=C\C/C=C\C/C=C\CCCCCCC. The summed E-state index contributed by atoms with van der Waals surface area (Å²) < 4.78 is 16.9. The average molecular weight is 1080 g/mol. The lowest BCUT2D eigenvalue weighted by Gasteiger charge is -2.18. The highest BCUT2D eigenvalue weighted by molar-refractivity contribution is 5.71. The maximum Gasteiger partial charge on any atom is 0.306 e. The number of carbonyl (C=O) groups is 3. The summed E-state index contributed by atoms with van der Waals surface area (Å²) in [7, 11) is 0. The second-order valence-corrected chi connectivity index (χ2v) is 20.9. The fourth-order valence-electron chi connectivity index (χ4n) is 8.58. The predicted molar refractivity (Wildman–Crippen MR) is 339 cm³/mol. The second-order valence-electron chi connectivity index (χ2n) is 20.9. The first-order valence-electron chi connectivity index (χ1n) is 32.2. The Bertz CT molecular complexity index is 1670. The van der Waals surface area contributed by atoms with Gasteiger partial charge in [-0.1, -0.05) is 276 Å². The summed E-state index contributed by atoms with van der Waals surface area (Å²) in [6.45, 7) is 6.47. The van der Waals surface area contributed by atoms with Crippen LogP contribution in [-0.2, 0) is 28.6 Å². The molecule has 0 saturated carbocycles. The van der Waals surface area contributed by atoms with Crippen LogP contribution in [0.25, 0.3) is 0 Å². The van der Waals surface area contributed by atoms with Gasteiger partial charge in [0.15, 0.2) is 6.10 Å². The van der Waals surface area contributed by atoms with Gasteiger partial charge in [0.05, 0.1) is 0 Å². The number of ether oxygens (including phenoxy) is 3. The molecule has 0 N–H and O–H groups in total. The van der Waals surface area contributed by atoms with Gasteiger partial charge in [0.1, 0.15) is 13.2 Å². The van der Waals surface area contributed by atoms with E-state index in [1.807, 2.05) is 0 Å². The van der Waals surface area contributed by atoms with Gasteiger partial charge in [0, 0.05) is 19.3 Å². The molecule has 1 atom stereocenters. The van der Waals surface area contributed by atoms with Gasteiger partial charge in [-0.25, -0.2) is 0 Å². The van der Waals surface area contributed by atoms with Crippen LogP contribution in [0.3, 0.4) is 0 Å². The molecular formula is C72H118O6. The summed E-state index contributed by atoms with van der Waals surface area (Å²) in [6.07, 6.45) is 91.7. The number of hydrogen-bond donors (Lipinski definition) is 0. The number of unbranched alkanes of at least 4 members (excludes halogenated alkanes) is 24. The Morgan fingerprint density at radius 1 is 0.269 bits per heavy atom. The molecular weight excluding hydrogens is 961 g/mol. The Balaban J connectivity index is 4.36. The zero-order valence-corrected chi connectivity index (χ0v) is 50.6. The maximum atomic E-state index is 12.9. The molecule has 0 amide bonds. The van der Waals surface area contributed by atoms with Gasteiger partial charge in [-0.15, -0.1) is 0 Å². The summed E-state index contributed by atoms with van der Waals surface area (Å²) in [5, 5.41) is 0. The molecule has 6 nitrogen and oxygen atoms in total. The molecule has 0 aliphatic carbocycles. The minimum absolute atomic E-state index is 0.0935. The minimum atomic E-state index is -0.799. The summed E-state index contributed by atoms with van der Waals surface area (Å²) in [5.74, 6) is -0.932. The molecule has 0 rings (SSSR count). The van der Waals surface area contributed by atoms with E-state index in [9.17, 15) is 14.4 Å². The zero-order chi connectivity index (χ0) is 56.4. The molecule has 0 fully saturated rings. The van der Waals surface area contributed by atoms with Crippen molar-refractivity contribution in [2.24, 2.45) is 0 Å². The van der Waals surface area contributed by atoms with Gasteiger partial charge >= 0.3 is 17.9 Å². The Kier molecular flexibility index (Phi) is 61.4. The number of hydrogen-bond acceptors (Lipinski definition) is 6. The van der Waals surface area contributed by atoms with E-state index in [1.54, 1.807) is 0 Å². The summed E-state index contributed by atoms with van der Waals surface area (Å²) in [6, 6.07) is 0. The van der Waals surface area contributed by atoms with Crippen molar-refractivity contribution in [2.45, 2.75) is 290 Å². The van der Waals surface area contributed by atoms with Crippen LogP contribution in [0.4, 0.5) is 0 Å². The standard InChI is InChI=1S/C72H118O6/c1-4-7-10-13-16-19-22-24-26-28-30-32-33-34-35-36-37-38-39-41-42-44-46-48-50-53-56-59-62-65-71(74)77-68-69(67-76-70(73)64-61-58-55-52-21-18-15-12-9-6-3)78-72(75)66-63-60-57-54-51-49-47-45-43-40-31-29-27-25-23-20-17-14-11-8-5-2/h7,10,16,19,23-26,29-32,34-35,37-38,41-43,45-46,48,69H,4-6,8-9,11-15,17-18,20-22,27-28,33,36,39-40,44,47,49-68H2,1-3H3/b10-7-,19-16-,25-23-,26-24-,31-29-,32-30-,35-34-,38-37-,42-41-,45-43-,48-46-. The van der Waals surface area contributed by atoms with Crippen molar-refractivity contribution >= 4 is 17.9 Å². The highest BCUT2D eigenvalue weighted by atomic mass is 16.6. The van der Waals surface area contributed by atoms with Crippen LogP contribution in [0.5, 0.6) is 0 Å². The maximum absolute atomic E-state index is 12.9. The van der Waals surface area contributed by atoms with Crippen molar-refractivity contribution < 1.29 is 28.6 Å². The first-order valence-corrected chi connectivity index (χ1v) is 32.2. The first kappa shape index (κ1) is 73.5. The van der Waals surface area contributed by atoms with E-state index in [4.69, 9.17) is 14.2 Å². The van der Waals surface area contributed by atoms with Gasteiger partial charge in [0.25, 0.3) is 0 Å². The Morgan fingerprint density at radius 2 is 0.500 bits per heavy atom. The quantitative estimate of drug-likeness (QED) is 0.0261. The largest absolute Gasteiger partial charge is 0.462 e. The fraction of sp³-hybridized carbons (Fsp3) is 0.653. The van der Waals surface area contributed by atoms with Gasteiger partial charge in [-0.3, -0.25) is 14.4 Å². The Labute approximate surface area is 481 Å². The fourth-order valence-corrected chi connectivity index (χ4v) is 8.58. The normalized spacial score (nSPS) is 13.0. The molecule has 78 heavy (non-hydrogen) atoms. The van der Waals surface area contributed by atoms with E-state index in [1.165, 1.54) is 96.3 Å². The monoisotopic (exact) mass is 1080 g/mol. The van der Waals surface area contributed by atoms with Gasteiger partial charge in [0.2, 0.25) is 0 Å². The van der Waals surface area contributed by atoms with E-state index < -0.39 is 6.10 Å². The Morgan fingerprint density at radius 3 is 0.782 bits per heavy atom. The number of allylic oxidation sites excluding steroid dienone is 22. The molecule has 6 heteroatoms. The molecule has 0 saturated heterocycles. The third-order valence-electron chi connectivity index (χ3n) is 13.4. The van der Waals surface area contributed by atoms with Crippen LogP contribution in [-0.4, -0.2) is 37.2 Å². The summed E-state index contributed by atoms with van der Waals surface area (Å²) >= 11 is 0. The van der Waals surface area contributed by atoms with E-state index in [0.717, 1.165) is 148 Å². The lowest BCUT2D eigenvalue weighted by Crippen LogP contribution is -2.30. The van der Waals surface area contributed by atoms with Crippen molar-refractivity contribution in [2.75, 3.05) is 13.2 Å². The van der Waals surface area contributed by atoms with E-state index in [0.29, 0.717) is 19.3 Å². The minimum Gasteiger partial charge on any atom is -0.462 e. The van der Waals surface area contributed by atoms with E-state index in [2.05, 4.69) is 154 Å². The zero-order valence-electron chi connectivity index (χ0n) is 50.6. The van der Waals surface area contributed by atoms with Gasteiger partial charge in [-0.05, 0) is 122 Å². The molecule has 0 radical (unpaired) electrons. The molecule has 0 heterocycles. The van der Waals surface area contributed by atoms with Crippen LogP contribution >= 0.6 is 0 Å². The molecule has 0 aliphatic heterocycles. The average Bonchev–Trinajstić information content (AvgIpc) is 3.44. The number of carbonyl (C=O) groups excluding carboxylic acids is 3. The van der Waals surface area contributed by atoms with Crippen LogP contribution in [0.1, 0.15) is 284 Å². The van der Waals surface area contributed by atoms with E-state index in [-0.39, 0.29) is 31.1 Å². The van der Waals surface area contributed by atoms with Gasteiger partial charge in [-0.2, -0.15) is 0 Å². The van der Waals surface area contributed by atoms with Crippen LogP contribution in [0.2, 0.25) is 0 Å². The third-order valence-corrected chi connectivity index (χ3v) is 13.4. The molecule has 0 aromatic heterocycles. The van der Waals surface area contributed by atoms with Crippen LogP contribution in [0.15, 0.2) is 134 Å². The van der Waals surface area contributed by atoms with Gasteiger partial charge < -0.3 is 14.2 Å². The first-order chi connectivity index (χ1) is 38.5. The molecule has 0 spiro atoms. The summed E-state index contributed by atoms with van der Waals surface area (Å²) in [4.78, 5) is 38.2. The molecule has 0 aromatic carbocycles. The highest BCUT2D eigenvalue weighted by Gasteiger charge is 2.19. The summed E-state index contributed by atoms with van der Waals surface area (Å²) in [5.41, 5.74) is 0. The number of rotatable bonds is 57. The van der Waals surface area contributed by atoms with Crippen molar-refractivity contribution in [3.8, 4) is 0 Å². The van der Waals surface area contributed by atoms with Crippen molar-refractivity contribution in [3.05, 3.63) is 134 Å². The smallest absolute Gasteiger partial charge is 0.306 e. The third kappa shape index (κ3) is 62.4. The lowest BCUT2D eigenvalue weighted by molar-refractivity contribution is -0.167. The molecule has 0 aromatic rings. The molecule has 0 bridgehead atoms. The second kappa shape index (κ2) is 65.1. The molecule has 1 unspecified atom stereocenters.